The van der Waals surface area contributed by atoms with E-state index in [1.165, 1.54) is 0 Å². The van der Waals surface area contributed by atoms with Gasteiger partial charge in [0.1, 0.15) is 5.38 Å². The van der Waals surface area contributed by atoms with E-state index in [0.29, 0.717) is 5.56 Å². The number of alkyl halides is 1. The lowest BCUT2D eigenvalue weighted by Gasteiger charge is -2.12. The maximum absolute atomic E-state index is 11.6. The van der Waals surface area contributed by atoms with Crippen LogP contribution in [0, 0.1) is 0 Å². The molecule has 6 heteroatoms. The van der Waals surface area contributed by atoms with Crippen molar-refractivity contribution in [2.75, 3.05) is 0 Å². The topological polar surface area (TPSA) is 46.2 Å². The third-order valence-corrected chi connectivity index (χ3v) is 4.00. The first-order valence-electron chi connectivity index (χ1n) is 4.44. The fraction of sp³-hybridized carbons (Fsp3) is 0.200. The summed E-state index contributed by atoms with van der Waals surface area (Å²) >= 11 is 12.6. The van der Waals surface area contributed by atoms with E-state index in [-0.39, 0.29) is 5.91 Å². The molecule has 1 fully saturated rings. The number of rotatable bonds is 1. The molecule has 0 aliphatic carbocycles. The summed E-state index contributed by atoms with van der Waals surface area (Å²) in [5, 5.41) is 1.37. The molecule has 1 saturated heterocycles. The number of imide groups is 1. The largest absolute Gasteiger partial charge is 0.295 e. The van der Waals surface area contributed by atoms with Gasteiger partial charge in [-0.15, -0.1) is 11.6 Å². The van der Waals surface area contributed by atoms with Crippen LogP contribution in [0.1, 0.15) is 11.5 Å². The molecule has 0 radical (unpaired) electrons. The Morgan fingerprint density at radius 2 is 1.88 bits per heavy atom. The first-order valence-corrected chi connectivity index (χ1v) is 6.46. The predicted octanol–water partition coefficient (Wildman–Crippen LogP) is 2.56. The van der Waals surface area contributed by atoms with E-state index in [1.54, 1.807) is 12.1 Å². The minimum atomic E-state index is -0.843. The van der Waals surface area contributed by atoms with E-state index in [1.807, 2.05) is 6.07 Å². The van der Waals surface area contributed by atoms with E-state index in [0.717, 1.165) is 8.95 Å². The van der Waals surface area contributed by atoms with Gasteiger partial charge < -0.3 is 0 Å². The highest BCUT2D eigenvalue weighted by Gasteiger charge is 2.42. The van der Waals surface area contributed by atoms with Crippen LogP contribution in [0.15, 0.2) is 27.1 Å². The van der Waals surface area contributed by atoms with Gasteiger partial charge in [0.15, 0.2) is 0 Å². The number of hydrogen-bond acceptors (Lipinski definition) is 2. The van der Waals surface area contributed by atoms with Crippen molar-refractivity contribution >= 4 is 55.3 Å². The first-order chi connectivity index (χ1) is 7.50. The van der Waals surface area contributed by atoms with Crippen LogP contribution in [0.25, 0.3) is 0 Å². The molecule has 0 spiro atoms. The molecule has 84 valence electrons. The monoisotopic (exact) mass is 365 g/mol. The molecule has 16 heavy (non-hydrogen) atoms. The maximum atomic E-state index is 11.6. The molecule has 1 aliphatic rings. The van der Waals surface area contributed by atoms with Gasteiger partial charge in [-0.3, -0.25) is 14.9 Å². The van der Waals surface area contributed by atoms with Crippen molar-refractivity contribution in [2.24, 2.45) is 0 Å². The average Bonchev–Trinajstić information content (AvgIpc) is 2.43. The normalized spacial score (nSPS) is 24.7. The van der Waals surface area contributed by atoms with Crippen LogP contribution in [0.3, 0.4) is 0 Å². The van der Waals surface area contributed by atoms with Crippen molar-refractivity contribution in [1.29, 1.82) is 0 Å². The van der Waals surface area contributed by atoms with Crippen molar-refractivity contribution in [3.63, 3.8) is 0 Å². The Hall–Kier alpha value is -0.390. The number of carbonyl (C=O) groups excluding carboxylic acids is 2. The van der Waals surface area contributed by atoms with Gasteiger partial charge in [-0.25, -0.2) is 0 Å². The van der Waals surface area contributed by atoms with Gasteiger partial charge in [-0.1, -0.05) is 37.9 Å². The van der Waals surface area contributed by atoms with E-state index in [9.17, 15) is 9.59 Å². The summed E-state index contributed by atoms with van der Waals surface area (Å²) in [6.45, 7) is 0. The van der Waals surface area contributed by atoms with Crippen LogP contribution in [-0.2, 0) is 9.59 Å². The molecule has 1 aliphatic heterocycles. The highest BCUT2D eigenvalue weighted by atomic mass is 79.9. The molecule has 2 atom stereocenters. The Balaban J connectivity index is 2.44. The molecule has 2 unspecified atom stereocenters. The number of nitrogens with one attached hydrogen (secondary N) is 1. The molecule has 1 heterocycles. The zero-order valence-corrected chi connectivity index (χ0v) is 11.8. The van der Waals surface area contributed by atoms with Crippen molar-refractivity contribution in [3.8, 4) is 0 Å². The Kier molecular flexibility index (Phi) is 3.37. The standard InChI is InChI=1S/C10H6Br2ClNO2/c11-4-1-2-5(6(12)3-4)7-8(13)10(16)14-9(7)15/h1-3,7-8H,(H,14,15,16). The van der Waals surface area contributed by atoms with E-state index in [4.69, 9.17) is 11.6 Å². The number of benzene rings is 1. The summed E-state index contributed by atoms with van der Waals surface area (Å²) in [4.78, 5) is 22.8. The molecule has 0 bridgehead atoms. The Labute approximate surface area is 114 Å². The van der Waals surface area contributed by atoms with Gasteiger partial charge in [0, 0.05) is 8.95 Å². The maximum Gasteiger partial charge on any atom is 0.245 e. The van der Waals surface area contributed by atoms with Gasteiger partial charge in [0.25, 0.3) is 0 Å². The zero-order chi connectivity index (χ0) is 11.9. The van der Waals surface area contributed by atoms with Gasteiger partial charge in [-0.05, 0) is 17.7 Å². The Morgan fingerprint density at radius 3 is 2.38 bits per heavy atom. The van der Waals surface area contributed by atoms with Crippen LogP contribution in [-0.4, -0.2) is 17.2 Å². The molecular weight excluding hydrogens is 361 g/mol. The number of carbonyl (C=O) groups is 2. The number of halogens is 3. The molecule has 3 nitrogen and oxygen atoms in total. The minimum Gasteiger partial charge on any atom is -0.295 e. The Morgan fingerprint density at radius 1 is 1.19 bits per heavy atom. The third kappa shape index (κ3) is 2.04. The molecule has 1 N–H and O–H groups in total. The fourth-order valence-corrected chi connectivity index (χ4v) is 3.20. The molecular formula is C10H6Br2ClNO2. The molecule has 2 rings (SSSR count). The lowest BCUT2D eigenvalue weighted by atomic mass is 9.97. The van der Waals surface area contributed by atoms with Gasteiger partial charge in [0.05, 0.1) is 5.92 Å². The number of hydrogen-bond donors (Lipinski definition) is 1. The fourth-order valence-electron chi connectivity index (χ4n) is 1.61. The van der Waals surface area contributed by atoms with E-state index in [2.05, 4.69) is 37.2 Å². The van der Waals surface area contributed by atoms with Crippen molar-refractivity contribution in [3.05, 3.63) is 32.7 Å². The SMILES string of the molecule is O=C1NC(=O)C(c2ccc(Br)cc2Br)C1Cl. The summed E-state index contributed by atoms with van der Waals surface area (Å²) in [5.41, 5.74) is 0.714. The summed E-state index contributed by atoms with van der Waals surface area (Å²) < 4.78 is 1.64. The number of amides is 2. The second-order valence-corrected chi connectivity index (χ2v) is 5.64. The van der Waals surface area contributed by atoms with Crippen LogP contribution >= 0.6 is 43.5 Å². The minimum absolute atomic E-state index is 0.354. The van der Waals surface area contributed by atoms with E-state index >= 15 is 0 Å². The van der Waals surface area contributed by atoms with Crippen LogP contribution < -0.4 is 5.32 Å². The lowest BCUT2D eigenvalue weighted by molar-refractivity contribution is -0.125. The van der Waals surface area contributed by atoms with Crippen LogP contribution in [0.5, 0.6) is 0 Å². The second-order valence-electron chi connectivity index (χ2n) is 3.40. The van der Waals surface area contributed by atoms with E-state index < -0.39 is 17.2 Å². The molecule has 0 aromatic heterocycles. The van der Waals surface area contributed by atoms with Crippen LogP contribution in [0.2, 0.25) is 0 Å². The molecule has 1 aromatic rings. The van der Waals surface area contributed by atoms with Crippen molar-refractivity contribution in [1.82, 2.24) is 5.32 Å². The highest BCUT2D eigenvalue weighted by Crippen LogP contribution is 2.34. The first kappa shape index (κ1) is 12.1. The second kappa shape index (κ2) is 4.47. The summed E-state index contributed by atoms with van der Waals surface area (Å²) in [6.07, 6.45) is 0. The van der Waals surface area contributed by atoms with Crippen molar-refractivity contribution in [2.45, 2.75) is 11.3 Å². The summed E-state index contributed by atoms with van der Waals surface area (Å²) in [5.74, 6) is -1.42. The zero-order valence-electron chi connectivity index (χ0n) is 7.84. The van der Waals surface area contributed by atoms with Crippen molar-refractivity contribution < 1.29 is 9.59 Å². The van der Waals surface area contributed by atoms with Crippen LogP contribution in [0.4, 0.5) is 0 Å². The molecule has 1 aromatic carbocycles. The third-order valence-electron chi connectivity index (χ3n) is 2.37. The lowest BCUT2D eigenvalue weighted by Crippen LogP contribution is -2.22. The van der Waals surface area contributed by atoms with Gasteiger partial charge >= 0.3 is 0 Å². The summed E-state index contributed by atoms with van der Waals surface area (Å²) in [6, 6.07) is 5.39. The molecule has 2 amide bonds. The van der Waals surface area contributed by atoms with Gasteiger partial charge in [-0.2, -0.15) is 0 Å². The van der Waals surface area contributed by atoms with Gasteiger partial charge in [0.2, 0.25) is 11.8 Å². The smallest absolute Gasteiger partial charge is 0.245 e. The predicted molar refractivity (Wildman–Crippen MR) is 67.4 cm³/mol. The Bertz CT molecular complexity index is 478. The highest BCUT2D eigenvalue weighted by molar-refractivity contribution is 9.11. The average molecular weight is 367 g/mol. The summed E-state index contributed by atoms with van der Waals surface area (Å²) in [7, 11) is 0. The quantitative estimate of drug-likeness (QED) is 0.613. The molecule has 0 saturated carbocycles.